The van der Waals surface area contributed by atoms with E-state index in [9.17, 15) is 8.78 Å². The van der Waals surface area contributed by atoms with Crippen LogP contribution in [0, 0.1) is 11.6 Å². The number of anilines is 1. The van der Waals surface area contributed by atoms with Crippen molar-refractivity contribution in [2.24, 2.45) is 0 Å². The summed E-state index contributed by atoms with van der Waals surface area (Å²) in [5.74, 6) is -1.05. The van der Waals surface area contributed by atoms with Gasteiger partial charge in [-0.1, -0.05) is 0 Å². The summed E-state index contributed by atoms with van der Waals surface area (Å²) in [7, 11) is 1.39. The van der Waals surface area contributed by atoms with Gasteiger partial charge in [-0.2, -0.15) is 0 Å². The smallest absolute Gasteiger partial charge is 0.173 e. The molecule has 0 atom stereocenters. The minimum absolute atomic E-state index is 0.200. The van der Waals surface area contributed by atoms with E-state index in [-0.39, 0.29) is 17.1 Å². The molecule has 88 valence electrons. The van der Waals surface area contributed by atoms with Crippen molar-refractivity contribution in [1.29, 1.82) is 0 Å². The van der Waals surface area contributed by atoms with Gasteiger partial charge in [-0.3, -0.25) is 0 Å². The summed E-state index contributed by atoms with van der Waals surface area (Å²) in [6.45, 7) is 0. The predicted octanol–water partition coefficient (Wildman–Crippen LogP) is 2.62. The van der Waals surface area contributed by atoms with Crippen LogP contribution < -0.4 is 10.5 Å². The van der Waals surface area contributed by atoms with Gasteiger partial charge in [0.2, 0.25) is 0 Å². The van der Waals surface area contributed by atoms with Crippen LogP contribution in [0.3, 0.4) is 0 Å². The summed E-state index contributed by atoms with van der Waals surface area (Å²) in [6, 6.07) is 5.31. The average Bonchev–Trinajstić information content (AvgIpc) is 2.33. The van der Waals surface area contributed by atoms with Gasteiger partial charge < -0.3 is 10.5 Å². The van der Waals surface area contributed by atoms with Crippen LogP contribution in [0.4, 0.5) is 14.6 Å². The molecule has 1 aromatic carbocycles. The Labute approximate surface area is 96.9 Å². The Bertz CT molecular complexity index is 558. The molecule has 0 amide bonds. The van der Waals surface area contributed by atoms with Gasteiger partial charge in [-0.15, -0.1) is 0 Å². The highest BCUT2D eigenvalue weighted by atomic mass is 19.1. The highest BCUT2D eigenvalue weighted by Gasteiger charge is 2.13. The molecule has 5 heteroatoms. The fourth-order valence-corrected chi connectivity index (χ4v) is 1.56. The molecule has 1 aromatic heterocycles. The number of nitrogens with zero attached hydrogens (tertiary/aromatic N) is 1. The quantitative estimate of drug-likeness (QED) is 0.871. The van der Waals surface area contributed by atoms with E-state index in [1.807, 2.05) is 0 Å². The van der Waals surface area contributed by atoms with Crippen LogP contribution in [0.15, 0.2) is 30.5 Å². The van der Waals surface area contributed by atoms with Gasteiger partial charge in [0, 0.05) is 23.4 Å². The van der Waals surface area contributed by atoms with Gasteiger partial charge in [0.05, 0.1) is 7.11 Å². The molecule has 0 unspecified atom stereocenters. The fraction of sp³-hybridized carbons (Fsp3) is 0.0833. The summed E-state index contributed by atoms with van der Waals surface area (Å²) < 4.78 is 31.8. The summed E-state index contributed by atoms with van der Waals surface area (Å²) in [5, 5.41) is 0. The third kappa shape index (κ3) is 2.04. The predicted molar refractivity (Wildman–Crippen MR) is 60.6 cm³/mol. The first kappa shape index (κ1) is 11.3. The number of nitrogens with two attached hydrogens (primary N) is 1. The number of nitrogen functional groups attached to an aromatic ring is 1. The maximum atomic E-state index is 13.8. The molecule has 2 rings (SSSR count). The van der Waals surface area contributed by atoms with E-state index in [0.717, 1.165) is 0 Å². The fourth-order valence-electron chi connectivity index (χ4n) is 1.56. The van der Waals surface area contributed by atoms with Crippen molar-refractivity contribution < 1.29 is 13.5 Å². The monoisotopic (exact) mass is 236 g/mol. The molecular formula is C12H10F2N2O. The maximum Gasteiger partial charge on any atom is 0.173 e. The Morgan fingerprint density at radius 2 is 1.94 bits per heavy atom. The van der Waals surface area contributed by atoms with Crippen LogP contribution >= 0.6 is 0 Å². The number of methoxy groups -OCH3 is 1. The first-order valence-corrected chi connectivity index (χ1v) is 4.87. The van der Waals surface area contributed by atoms with E-state index in [1.54, 1.807) is 0 Å². The zero-order chi connectivity index (χ0) is 12.4. The molecule has 2 aromatic rings. The van der Waals surface area contributed by atoms with Crippen LogP contribution in [0.5, 0.6) is 5.75 Å². The summed E-state index contributed by atoms with van der Waals surface area (Å²) in [4.78, 5) is 3.63. The Hall–Kier alpha value is -2.17. The molecule has 0 fully saturated rings. The van der Waals surface area contributed by atoms with Crippen molar-refractivity contribution in [1.82, 2.24) is 4.98 Å². The van der Waals surface area contributed by atoms with Crippen LogP contribution in [-0.2, 0) is 0 Å². The van der Waals surface area contributed by atoms with E-state index >= 15 is 0 Å². The topological polar surface area (TPSA) is 48.1 Å². The molecule has 0 bridgehead atoms. The van der Waals surface area contributed by atoms with E-state index in [1.165, 1.54) is 37.6 Å². The normalized spacial score (nSPS) is 10.3. The SMILES string of the molecule is COc1cc(F)ccc1-c1ccnc(N)c1F. The molecule has 17 heavy (non-hydrogen) atoms. The van der Waals surface area contributed by atoms with Crippen molar-refractivity contribution in [3.63, 3.8) is 0 Å². The minimum atomic E-state index is -0.641. The molecule has 0 aliphatic carbocycles. The highest BCUT2D eigenvalue weighted by Crippen LogP contribution is 2.33. The van der Waals surface area contributed by atoms with Crippen LogP contribution in [-0.4, -0.2) is 12.1 Å². The first-order valence-electron chi connectivity index (χ1n) is 4.87. The second kappa shape index (κ2) is 4.37. The largest absolute Gasteiger partial charge is 0.496 e. The number of hydrogen-bond donors (Lipinski definition) is 1. The Balaban J connectivity index is 2.64. The second-order valence-corrected chi connectivity index (χ2v) is 3.40. The Kier molecular flexibility index (Phi) is 2.91. The van der Waals surface area contributed by atoms with Gasteiger partial charge in [-0.05, 0) is 18.2 Å². The lowest BCUT2D eigenvalue weighted by Gasteiger charge is -2.10. The molecule has 0 radical (unpaired) electrons. The van der Waals surface area contributed by atoms with Gasteiger partial charge in [0.1, 0.15) is 11.6 Å². The van der Waals surface area contributed by atoms with Crippen molar-refractivity contribution >= 4 is 5.82 Å². The van der Waals surface area contributed by atoms with Gasteiger partial charge in [-0.25, -0.2) is 13.8 Å². The van der Waals surface area contributed by atoms with E-state index in [0.29, 0.717) is 5.56 Å². The molecule has 2 N–H and O–H groups in total. The number of benzene rings is 1. The van der Waals surface area contributed by atoms with Gasteiger partial charge in [0.15, 0.2) is 11.6 Å². The molecule has 0 spiro atoms. The number of hydrogen-bond acceptors (Lipinski definition) is 3. The van der Waals surface area contributed by atoms with E-state index in [2.05, 4.69) is 4.98 Å². The van der Waals surface area contributed by atoms with E-state index in [4.69, 9.17) is 10.5 Å². The average molecular weight is 236 g/mol. The van der Waals surface area contributed by atoms with Crippen molar-refractivity contribution in [2.45, 2.75) is 0 Å². The number of rotatable bonds is 2. The van der Waals surface area contributed by atoms with Crippen LogP contribution in [0.1, 0.15) is 0 Å². The molecule has 0 saturated heterocycles. The Morgan fingerprint density at radius 1 is 1.18 bits per heavy atom. The van der Waals surface area contributed by atoms with Crippen LogP contribution in [0.2, 0.25) is 0 Å². The highest BCUT2D eigenvalue weighted by molar-refractivity contribution is 5.72. The lowest BCUT2D eigenvalue weighted by molar-refractivity contribution is 0.412. The molecule has 0 saturated carbocycles. The Morgan fingerprint density at radius 3 is 2.65 bits per heavy atom. The van der Waals surface area contributed by atoms with Gasteiger partial charge >= 0.3 is 0 Å². The maximum absolute atomic E-state index is 13.8. The number of aromatic nitrogens is 1. The summed E-state index contributed by atoms with van der Waals surface area (Å²) in [5.41, 5.74) is 6.04. The third-order valence-corrected chi connectivity index (χ3v) is 2.37. The van der Waals surface area contributed by atoms with Crippen molar-refractivity contribution in [3.8, 4) is 16.9 Å². The second-order valence-electron chi connectivity index (χ2n) is 3.40. The molecular weight excluding hydrogens is 226 g/mol. The lowest BCUT2D eigenvalue weighted by atomic mass is 10.1. The first-order chi connectivity index (χ1) is 8.13. The lowest BCUT2D eigenvalue weighted by Crippen LogP contribution is -1.98. The standard InChI is InChI=1S/C12H10F2N2O/c1-17-10-6-7(13)2-3-8(10)9-4-5-16-12(15)11(9)14/h2-6H,1H3,(H2,15,16). The van der Waals surface area contributed by atoms with Crippen molar-refractivity contribution in [2.75, 3.05) is 12.8 Å². The summed E-state index contributed by atoms with van der Waals surface area (Å²) in [6.07, 6.45) is 1.39. The number of pyridine rings is 1. The molecule has 0 aliphatic heterocycles. The molecule has 0 aliphatic rings. The summed E-state index contributed by atoms with van der Waals surface area (Å²) >= 11 is 0. The van der Waals surface area contributed by atoms with Crippen LogP contribution in [0.25, 0.3) is 11.1 Å². The van der Waals surface area contributed by atoms with Gasteiger partial charge in [0.25, 0.3) is 0 Å². The zero-order valence-corrected chi connectivity index (χ0v) is 9.08. The van der Waals surface area contributed by atoms with E-state index < -0.39 is 11.6 Å². The number of ether oxygens (including phenoxy) is 1. The number of halogens is 2. The minimum Gasteiger partial charge on any atom is -0.496 e. The molecule has 1 heterocycles. The molecule has 3 nitrogen and oxygen atoms in total. The zero-order valence-electron chi connectivity index (χ0n) is 9.08. The third-order valence-electron chi connectivity index (χ3n) is 2.37. The van der Waals surface area contributed by atoms with Crippen molar-refractivity contribution in [3.05, 3.63) is 42.1 Å².